The molecule has 1 amide bonds. The minimum atomic E-state index is -0.0588. The van der Waals surface area contributed by atoms with Gasteiger partial charge in [-0.15, -0.1) is 21.5 Å². The summed E-state index contributed by atoms with van der Waals surface area (Å²) in [4.78, 5) is 15.9. The topological polar surface area (TPSA) is 58.1 Å². The summed E-state index contributed by atoms with van der Waals surface area (Å²) >= 11 is 5.09. The number of carbonyl (C=O) groups excluding carboxylic acids is 1. The van der Waals surface area contributed by atoms with Gasteiger partial charge < -0.3 is 10.2 Å². The number of halogens is 1. The standard InChI is InChI=1S/C20H19BrN4OS/c21-15-5-1-6-16(12-15)22-20(26)14-4-2-10-25(13-14)19-9-8-17(23-24-19)18-7-3-11-27-18/h1,3,5-9,11-12,14H,2,4,10,13H2,(H,22,26). The molecular formula is C20H19BrN4OS. The molecule has 1 N–H and O–H groups in total. The first kappa shape index (κ1) is 18.1. The highest BCUT2D eigenvalue weighted by molar-refractivity contribution is 9.10. The summed E-state index contributed by atoms with van der Waals surface area (Å²) in [6.07, 6.45) is 1.85. The average molecular weight is 443 g/mol. The molecule has 1 fully saturated rings. The van der Waals surface area contributed by atoms with Crippen molar-refractivity contribution in [1.29, 1.82) is 0 Å². The fourth-order valence-electron chi connectivity index (χ4n) is 3.26. The van der Waals surface area contributed by atoms with Crippen LogP contribution in [0, 0.1) is 5.92 Å². The van der Waals surface area contributed by atoms with Crippen molar-refractivity contribution < 1.29 is 4.79 Å². The van der Waals surface area contributed by atoms with Gasteiger partial charge in [0, 0.05) is 23.2 Å². The van der Waals surface area contributed by atoms with Gasteiger partial charge in [-0.2, -0.15) is 0 Å². The highest BCUT2D eigenvalue weighted by Gasteiger charge is 2.27. The van der Waals surface area contributed by atoms with Gasteiger partial charge in [-0.1, -0.05) is 28.1 Å². The van der Waals surface area contributed by atoms with Crippen molar-refractivity contribution in [2.45, 2.75) is 12.8 Å². The number of nitrogens with zero attached hydrogens (tertiary/aromatic N) is 3. The largest absolute Gasteiger partial charge is 0.354 e. The van der Waals surface area contributed by atoms with E-state index < -0.39 is 0 Å². The molecule has 1 atom stereocenters. The van der Waals surface area contributed by atoms with Gasteiger partial charge in [0.1, 0.15) is 5.69 Å². The summed E-state index contributed by atoms with van der Waals surface area (Å²) < 4.78 is 0.951. The van der Waals surface area contributed by atoms with Crippen LogP contribution in [0.4, 0.5) is 11.5 Å². The van der Waals surface area contributed by atoms with Gasteiger partial charge in [0.15, 0.2) is 5.82 Å². The highest BCUT2D eigenvalue weighted by atomic mass is 79.9. The second-order valence-electron chi connectivity index (χ2n) is 6.54. The number of rotatable bonds is 4. The van der Waals surface area contributed by atoms with Crippen LogP contribution in [0.3, 0.4) is 0 Å². The molecule has 0 radical (unpaired) electrons. The number of benzene rings is 1. The zero-order chi connectivity index (χ0) is 18.6. The van der Waals surface area contributed by atoms with Crippen molar-refractivity contribution in [2.75, 3.05) is 23.3 Å². The Morgan fingerprint density at radius 2 is 2.11 bits per heavy atom. The van der Waals surface area contributed by atoms with Gasteiger partial charge in [0.25, 0.3) is 0 Å². The number of aromatic nitrogens is 2. The Balaban J connectivity index is 1.42. The van der Waals surface area contributed by atoms with E-state index in [1.807, 2.05) is 53.9 Å². The number of hydrogen-bond donors (Lipinski definition) is 1. The van der Waals surface area contributed by atoms with Crippen LogP contribution in [0.5, 0.6) is 0 Å². The summed E-state index contributed by atoms with van der Waals surface area (Å²) in [5.41, 5.74) is 1.70. The molecule has 27 heavy (non-hydrogen) atoms. The minimum Gasteiger partial charge on any atom is -0.354 e. The van der Waals surface area contributed by atoms with Crippen molar-refractivity contribution in [3.05, 3.63) is 58.4 Å². The fraction of sp³-hybridized carbons (Fsp3) is 0.250. The maximum atomic E-state index is 12.7. The highest BCUT2D eigenvalue weighted by Crippen LogP contribution is 2.26. The Morgan fingerprint density at radius 1 is 1.19 bits per heavy atom. The number of piperidine rings is 1. The molecule has 138 valence electrons. The van der Waals surface area contributed by atoms with Gasteiger partial charge in [0.2, 0.25) is 5.91 Å². The molecule has 0 aliphatic carbocycles. The Labute approximate surface area is 170 Å². The first-order valence-corrected chi connectivity index (χ1v) is 10.6. The predicted molar refractivity (Wildman–Crippen MR) is 113 cm³/mol. The third kappa shape index (κ3) is 4.36. The lowest BCUT2D eigenvalue weighted by atomic mass is 9.97. The van der Waals surface area contributed by atoms with Crippen LogP contribution >= 0.6 is 27.3 Å². The zero-order valence-electron chi connectivity index (χ0n) is 14.6. The maximum absolute atomic E-state index is 12.7. The van der Waals surface area contributed by atoms with Crippen LogP contribution in [-0.4, -0.2) is 29.2 Å². The Morgan fingerprint density at radius 3 is 2.85 bits per heavy atom. The fourth-order valence-corrected chi connectivity index (χ4v) is 4.35. The molecule has 3 aromatic rings. The number of amides is 1. The molecule has 1 aliphatic rings. The van der Waals surface area contributed by atoms with E-state index in [0.717, 1.165) is 45.9 Å². The SMILES string of the molecule is O=C(Nc1cccc(Br)c1)C1CCCN(c2ccc(-c3cccs3)nn2)C1. The Kier molecular flexibility index (Phi) is 5.50. The van der Waals surface area contributed by atoms with E-state index >= 15 is 0 Å². The lowest BCUT2D eigenvalue weighted by Gasteiger charge is -2.32. The third-order valence-electron chi connectivity index (χ3n) is 4.63. The number of thiophene rings is 1. The molecule has 1 aliphatic heterocycles. The van der Waals surface area contributed by atoms with Gasteiger partial charge in [-0.3, -0.25) is 4.79 Å². The molecule has 0 spiro atoms. The molecule has 3 heterocycles. The van der Waals surface area contributed by atoms with Crippen LogP contribution in [0.25, 0.3) is 10.6 Å². The monoisotopic (exact) mass is 442 g/mol. The summed E-state index contributed by atoms with van der Waals surface area (Å²) in [5, 5.41) is 13.8. The Bertz CT molecular complexity index is 914. The molecule has 4 rings (SSSR count). The number of hydrogen-bond acceptors (Lipinski definition) is 5. The van der Waals surface area contributed by atoms with E-state index in [9.17, 15) is 4.79 Å². The van der Waals surface area contributed by atoms with E-state index in [0.29, 0.717) is 6.54 Å². The van der Waals surface area contributed by atoms with Crippen LogP contribution in [0.1, 0.15) is 12.8 Å². The summed E-state index contributed by atoms with van der Waals surface area (Å²) in [6.45, 7) is 1.56. The van der Waals surface area contributed by atoms with E-state index in [1.54, 1.807) is 11.3 Å². The molecular weight excluding hydrogens is 424 g/mol. The molecule has 7 heteroatoms. The van der Waals surface area contributed by atoms with Crippen molar-refractivity contribution in [3.8, 4) is 10.6 Å². The lowest BCUT2D eigenvalue weighted by molar-refractivity contribution is -0.120. The van der Waals surface area contributed by atoms with Crippen molar-refractivity contribution in [1.82, 2.24) is 10.2 Å². The normalized spacial score (nSPS) is 16.9. The molecule has 2 aromatic heterocycles. The van der Waals surface area contributed by atoms with Crippen molar-refractivity contribution in [3.63, 3.8) is 0 Å². The van der Waals surface area contributed by atoms with E-state index in [1.165, 1.54) is 0 Å². The Hall–Kier alpha value is -2.25. The van der Waals surface area contributed by atoms with Crippen LogP contribution in [0.2, 0.25) is 0 Å². The summed E-state index contributed by atoms with van der Waals surface area (Å²) in [5.74, 6) is 0.827. The minimum absolute atomic E-state index is 0.0564. The van der Waals surface area contributed by atoms with Gasteiger partial charge in [-0.25, -0.2) is 0 Å². The van der Waals surface area contributed by atoms with Crippen molar-refractivity contribution in [2.24, 2.45) is 5.92 Å². The summed E-state index contributed by atoms with van der Waals surface area (Å²) in [6, 6.07) is 15.7. The van der Waals surface area contributed by atoms with E-state index in [2.05, 4.69) is 36.3 Å². The average Bonchev–Trinajstić information content (AvgIpc) is 3.23. The first-order valence-electron chi connectivity index (χ1n) is 8.88. The third-order valence-corrected chi connectivity index (χ3v) is 6.02. The number of anilines is 2. The van der Waals surface area contributed by atoms with Crippen LogP contribution in [-0.2, 0) is 4.79 Å². The smallest absolute Gasteiger partial charge is 0.229 e. The quantitative estimate of drug-likeness (QED) is 0.628. The van der Waals surface area contributed by atoms with Gasteiger partial charge >= 0.3 is 0 Å². The van der Waals surface area contributed by atoms with Gasteiger partial charge in [-0.05, 0) is 54.6 Å². The summed E-state index contributed by atoms with van der Waals surface area (Å²) in [7, 11) is 0. The molecule has 0 bridgehead atoms. The second kappa shape index (κ2) is 8.19. The number of carbonyl (C=O) groups is 1. The van der Waals surface area contributed by atoms with Crippen LogP contribution < -0.4 is 10.2 Å². The van der Waals surface area contributed by atoms with Crippen LogP contribution in [0.15, 0.2) is 58.4 Å². The predicted octanol–water partition coefficient (Wildman–Crippen LogP) is 4.82. The maximum Gasteiger partial charge on any atom is 0.229 e. The van der Waals surface area contributed by atoms with Crippen molar-refractivity contribution >= 4 is 44.7 Å². The molecule has 1 aromatic carbocycles. The molecule has 1 unspecified atom stereocenters. The van der Waals surface area contributed by atoms with E-state index in [4.69, 9.17) is 0 Å². The van der Waals surface area contributed by atoms with Gasteiger partial charge in [0.05, 0.1) is 10.8 Å². The van der Waals surface area contributed by atoms with E-state index in [-0.39, 0.29) is 11.8 Å². The second-order valence-corrected chi connectivity index (χ2v) is 8.40. The molecule has 5 nitrogen and oxygen atoms in total. The lowest BCUT2D eigenvalue weighted by Crippen LogP contribution is -2.41. The molecule has 1 saturated heterocycles. The zero-order valence-corrected chi connectivity index (χ0v) is 17.0. The number of nitrogens with one attached hydrogen (secondary N) is 1. The first-order chi connectivity index (χ1) is 13.2. The molecule has 0 saturated carbocycles.